The van der Waals surface area contributed by atoms with Crippen molar-refractivity contribution in [1.29, 1.82) is 0 Å². The van der Waals surface area contributed by atoms with Crippen molar-refractivity contribution >= 4 is 17.8 Å². The van der Waals surface area contributed by atoms with Gasteiger partial charge in [-0.05, 0) is 13.3 Å². The van der Waals surface area contributed by atoms with E-state index in [0.717, 1.165) is 0 Å². The quantitative estimate of drug-likeness (QED) is 0.801. The van der Waals surface area contributed by atoms with Crippen LogP contribution in [0.5, 0.6) is 0 Å². The van der Waals surface area contributed by atoms with Gasteiger partial charge in [0.1, 0.15) is 0 Å². The standard InChI is InChI=1S/C14H24N2O4/c1-9-10(12(18)19)6-8-16(9)11(17)5-7-15-13(20)14(2,3)4/h9-10H,5-8H2,1-4H3,(H,15,20)(H,18,19). The largest absolute Gasteiger partial charge is 0.481 e. The van der Waals surface area contributed by atoms with E-state index < -0.39 is 17.3 Å². The zero-order chi connectivity index (χ0) is 15.5. The zero-order valence-electron chi connectivity index (χ0n) is 12.6. The molecule has 1 saturated heterocycles. The van der Waals surface area contributed by atoms with Gasteiger partial charge in [-0.15, -0.1) is 0 Å². The van der Waals surface area contributed by atoms with E-state index in [0.29, 0.717) is 13.0 Å². The molecule has 0 radical (unpaired) electrons. The Kier molecular flexibility index (Phi) is 5.14. The van der Waals surface area contributed by atoms with Crippen LogP contribution in [0.1, 0.15) is 40.5 Å². The first-order valence-corrected chi connectivity index (χ1v) is 6.95. The summed E-state index contributed by atoms with van der Waals surface area (Å²) in [5, 5.41) is 11.7. The fraction of sp³-hybridized carbons (Fsp3) is 0.786. The Hall–Kier alpha value is -1.59. The fourth-order valence-electron chi connectivity index (χ4n) is 2.31. The molecule has 2 unspecified atom stereocenters. The minimum absolute atomic E-state index is 0.0943. The van der Waals surface area contributed by atoms with Crippen LogP contribution in [0.15, 0.2) is 0 Å². The average molecular weight is 284 g/mol. The van der Waals surface area contributed by atoms with Crippen LogP contribution in [0.3, 0.4) is 0 Å². The molecule has 1 aliphatic rings. The number of nitrogens with zero attached hydrogens (tertiary/aromatic N) is 1. The molecule has 20 heavy (non-hydrogen) atoms. The predicted molar refractivity (Wildman–Crippen MR) is 74.0 cm³/mol. The van der Waals surface area contributed by atoms with Crippen molar-refractivity contribution < 1.29 is 19.5 Å². The molecule has 0 aliphatic carbocycles. The lowest BCUT2D eigenvalue weighted by molar-refractivity contribution is -0.143. The van der Waals surface area contributed by atoms with Crippen molar-refractivity contribution in [3.63, 3.8) is 0 Å². The van der Waals surface area contributed by atoms with Crippen LogP contribution in [0.4, 0.5) is 0 Å². The first-order chi connectivity index (χ1) is 9.14. The van der Waals surface area contributed by atoms with Crippen LogP contribution in [0, 0.1) is 11.3 Å². The molecule has 0 bridgehead atoms. The number of amides is 2. The Labute approximate surface area is 119 Å². The highest BCUT2D eigenvalue weighted by Crippen LogP contribution is 2.24. The molecule has 2 N–H and O–H groups in total. The van der Waals surface area contributed by atoms with Crippen molar-refractivity contribution in [2.24, 2.45) is 11.3 Å². The Morgan fingerprint density at radius 3 is 2.35 bits per heavy atom. The highest BCUT2D eigenvalue weighted by molar-refractivity contribution is 5.83. The van der Waals surface area contributed by atoms with Crippen LogP contribution in [0.25, 0.3) is 0 Å². The maximum absolute atomic E-state index is 12.0. The highest BCUT2D eigenvalue weighted by Gasteiger charge is 2.37. The lowest BCUT2D eigenvalue weighted by atomic mass is 9.96. The third-order valence-electron chi connectivity index (χ3n) is 3.70. The molecule has 114 valence electrons. The van der Waals surface area contributed by atoms with E-state index in [2.05, 4.69) is 5.32 Å². The lowest BCUT2D eigenvalue weighted by Gasteiger charge is -2.24. The highest BCUT2D eigenvalue weighted by atomic mass is 16.4. The minimum atomic E-state index is -0.853. The number of carbonyl (C=O) groups excluding carboxylic acids is 2. The van der Waals surface area contributed by atoms with Crippen molar-refractivity contribution in [2.45, 2.75) is 46.6 Å². The van der Waals surface area contributed by atoms with Gasteiger partial charge in [-0.25, -0.2) is 0 Å². The van der Waals surface area contributed by atoms with E-state index in [1.807, 2.05) is 20.8 Å². The van der Waals surface area contributed by atoms with Crippen LogP contribution >= 0.6 is 0 Å². The van der Waals surface area contributed by atoms with Gasteiger partial charge in [0.15, 0.2) is 0 Å². The molecule has 1 aliphatic heterocycles. The third-order valence-corrected chi connectivity index (χ3v) is 3.70. The molecule has 0 aromatic heterocycles. The maximum atomic E-state index is 12.0. The maximum Gasteiger partial charge on any atom is 0.308 e. The van der Waals surface area contributed by atoms with Gasteiger partial charge >= 0.3 is 5.97 Å². The van der Waals surface area contributed by atoms with Crippen molar-refractivity contribution in [1.82, 2.24) is 10.2 Å². The van der Waals surface area contributed by atoms with E-state index in [9.17, 15) is 14.4 Å². The van der Waals surface area contributed by atoms with Crippen LogP contribution in [-0.2, 0) is 14.4 Å². The molecule has 2 amide bonds. The summed E-state index contributed by atoms with van der Waals surface area (Å²) in [7, 11) is 0. The number of carboxylic acids is 1. The normalized spacial score (nSPS) is 22.7. The van der Waals surface area contributed by atoms with Gasteiger partial charge in [-0.1, -0.05) is 20.8 Å². The Morgan fingerprint density at radius 2 is 1.90 bits per heavy atom. The number of hydrogen-bond donors (Lipinski definition) is 2. The molecule has 0 spiro atoms. The molecule has 6 nitrogen and oxygen atoms in total. The van der Waals surface area contributed by atoms with Gasteiger partial charge < -0.3 is 15.3 Å². The Bertz CT molecular complexity index is 400. The van der Waals surface area contributed by atoms with Gasteiger partial charge in [-0.3, -0.25) is 14.4 Å². The Balaban J connectivity index is 2.41. The summed E-state index contributed by atoms with van der Waals surface area (Å²) >= 11 is 0. The second-order valence-electron chi connectivity index (χ2n) is 6.32. The summed E-state index contributed by atoms with van der Waals surface area (Å²) in [6.45, 7) is 7.95. The zero-order valence-corrected chi connectivity index (χ0v) is 12.6. The molecule has 1 rings (SSSR count). The molecule has 0 aromatic carbocycles. The fourth-order valence-corrected chi connectivity index (χ4v) is 2.31. The van der Waals surface area contributed by atoms with E-state index in [-0.39, 0.29) is 30.8 Å². The van der Waals surface area contributed by atoms with Gasteiger partial charge in [0, 0.05) is 31.0 Å². The third kappa shape index (κ3) is 3.95. The van der Waals surface area contributed by atoms with Gasteiger partial charge in [0.25, 0.3) is 0 Å². The molecule has 1 fully saturated rings. The summed E-state index contributed by atoms with van der Waals surface area (Å²) < 4.78 is 0. The van der Waals surface area contributed by atoms with Gasteiger partial charge in [-0.2, -0.15) is 0 Å². The number of likely N-dealkylation sites (tertiary alicyclic amines) is 1. The minimum Gasteiger partial charge on any atom is -0.481 e. The molecule has 0 saturated carbocycles. The van der Waals surface area contributed by atoms with Crippen LogP contribution < -0.4 is 5.32 Å². The number of hydrogen-bond acceptors (Lipinski definition) is 3. The molecular formula is C14H24N2O4. The molecule has 2 atom stereocenters. The SMILES string of the molecule is CC1C(C(=O)O)CCN1C(=O)CCNC(=O)C(C)(C)C. The summed E-state index contributed by atoms with van der Waals surface area (Å²) in [5.74, 6) is -1.53. The van der Waals surface area contributed by atoms with Crippen molar-refractivity contribution in [3.8, 4) is 0 Å². The molecule has 0 aromatic rings. The van der Waals surface area contributed by atoms with Gasteiger partial charge in [0.05, 0.1) is 5.92 Å². The topological polar surface area (TPSA) is 86.7 Å². The predicted octanol–water partition coefficient (Wildman–Crippen LogP) is 0.860. The van der Waals surface area contributed by atoms with Crippen molar-refractivity contribution in [2.75, 3.05) is 13.1 Å². The van der Waals surface area contributed by atoms with E-state index in [1.165, 1.54) is 0 Å². The second-order valence-corrected chi connectivity index (χ2v) is 6.32. The number of nitrogens with one attached hydrogen (secondary N) is 1. The summed E-state index contributed by atoms with van der Waals surface area (Å²) in [4.78, 5) is 36.3. The van der Waals surface area contributed by atoms with E-state index in [4.69, 9.17) is 5.11 Å². The summed E-state index contributed by atoms with van der Waals surface area (Å²) in [6, 6.07) is -0.279. The summed E-state index contributed by atoms with van der Waals surface area (Å²) in [5.41, 5.74) is -0.474. The Morgan fingerprint density at radius 1 is 1.30 bits per heavy atom. The van der Waals surface area contributed by atoms with Gasteiger partial charge in [0.2, 0.25) is 11.8 Å². The smallest absolute Gasteiger partial charge is 0.308 e. The van der Waals surface area contributed by atoms with Crippen LogP contribution in [-0.4, -0.2) is 46.9 Å². The first kappa shape index (κ1) is 16.5. The van der Waals surface area contributed by atoms with E-state index in [1.54, 1.807) is 11.8 Å². The monoisotopic (exact) mass is 284 g/mol. The first-order valence-electron chi connectivity index (χ1n) is 6.95. The molecule has 6 heteroatoms. The summed E-state index contributed by atoms with van der Waals surface area (Å²) in [6.07, 6.45) is 0.703. The number of carboxylic acid groups (broad SMARTS) is 1. The second kappa shape index (κ2) is 6.24. The lowest BCUT2D eigenvalue weighted by Crippen LogP contribution is -2.41. The number of carbonyl (C=O) groups is 3. The van der Waals surface area contributed by atoms with Crippen molar-refractivity contribution in [3.05, 3.63) is 0 Å². The molecule has 1 heterocycles. The average Bonchev–Trinajstić information content (AvgIpc) is 2.69. The van der Waals surface area contributed by atoms with E-state index >= 15 is 0 Å². The van der Waals surface area contributed by atoms with Crippen LogP contribution in [0.2, 0.25) is 0 Å². The number of aliphatic carboxylic acids is 1. The molecular weight excluding hydrogens is 260 g/mol. The number of rotatable bonds is 4.